The minimum absolute atomic E-state index is 0.0547. The molecule has 0 fully saturated rings. The lowest BCUT2D eigenvalue weighted by Gasteiger charge is -2.13. The number of imide groups is 1. The molecule has 11 heteroatoms. The molecule has 2 heterocycles. The highest BCUT2D eigenvalue weighted by Crippen LogP contribution is 2.28. The summed E-state index contributed by atoms with van der Waals surface area (Å²) in [6.07, 6.45) is 0. The smallest absolute Gasteiger partial charge is 0.286 e. The van der Waals surface area contributed by atoms with E-state index in [4.69, 9.17) is 11.5 Å². The summed E-state index contributed by atoms with van der Waals surface area (Å²) >= 11 is 0. The molecule has 0 spiro atoms. The maximum atomic E-state index is 12.7. The van der Waals surface area contributed by atoms with Crippen LogP contribution in [0.5, 0.6) is 0 Å². The summed E-state index contributed by atoms with van der Waals surface area (Å²) in [6, 6.07) is 11.9. The van der Waals surface area contributed by atoms with Gasteiger partial charge in [-0.3, -0.25) is 9.59 Å². The molecule has 0 atom stereocenters. The fourth-order valence-corrected chi connectivity index (χ4v) is 3.66. The normalized spacial score (nSPS) is 13.6. The third kappa shape index (κ3) is 2.74. The van der Waals surface area contributed by atoms with Crippen molar-refractivity contribution >= 4 is 44.5 Å². The van der Waals surface area contributed by atoms with Crippen molar-refractivity contribution in [2.45, 2.75) is 4.90 Å². The van der Waals surface area contributed by atoms with E-state index >= 15 is 0 Å². The van der Waals surface area contributed by atoms with Crippen LogP contribution in [0.25, 0.3) is 11.0 Å². The van der Waals surface area contributed by atoms with Crippen molar-refractivity contribution < 1.29 is 18.0 Å². The standard InChI is InChI=1S/C17H12N6O4S/c18-17(19)22-28(26,27)10-7-5-9(6-8-10)23-15(24)13-14(16(23)25)21-12-4-2-1-3-11(12)20-13/h1-8H,(H4,18,19,22). The Balaban J connectivity index is 1.74. The molecule has 4 rings (SSSR count). The number of amides is 2. The quantitative estimate of drug-likeness (QED) is 0.365. The number of nitrogens with zero attached hydrogens (tertiary/aromatic N) is 4. The van der Waals surface area contributed by atoms with Crippen LogP contribution in [0.3, 0.4) is 0 Å². The van der Waals surface area contributed by atoms with E-state index in [2.05, 4.69) is 14.4 Å². The van der Waals surface area contributed by atoms with Crippen LogP contribution in [0, 0.1) is 0 Å². The van der Waals surface area contributed by atoms with Crippen molar-refractivity contribution in [3.05, 3.63) is 59.9 Å². The van der Waals surface area contributed by atoms with Crippen LogP contribution in [0.15, 0.2) is 57.8 Å². The number of anilines is 1. The molecule has 2 aromatic carbocycles. The Morgan fingerprint density at radius 1 is 0.857 bits per heavy atom. The van der Waals surface area contributed by atoms with Gasteiger partial charge in [0.1, 0.15) is 0 Å². The van der Waals surface area contributed by atoms with Crippen molar-refractivity contribution in [2.24, 2.45) is 15.9 Å². The van der Waals surface area contributed by atoms with E-state index in [-0.39, 0.29) is 22.0 Å². The Morgan fingerprint density at radius 2 is 1.36 bits per heavy atom. The molecule has 140 valence electrons. The SMILES string of the molecule is NC(N)=NS(=O)(=O)c1ccc(N2C(=O)c3nc4ccccc4nc3C2=O)cc1. The molecule has 3 aromatic rings. The molecule has 0 unspecified atom stereocenters. The number of benzene rings is 2. The molecule has 1 aliphatic heterocycles. The highest BCUT2D eigenvalue weighted by molar-refractivity contribution is 7.90. The number of carbonyl (C=O) groups excluding carboxylic acids is 2. The predicted molar refractivity (Wildman–Crippen MR) is 100 cm³/mol. The monoisotopic (exact) mass is 396 g/mol. The van der Waals surface area contributed by atoms with Crippen LogP contribution in [-0.4, -0.2) is 36.2 Å². The highest BCUT2D eigenvalue weighted by atomic mass is 32.2. The van der Waals surface area contributed by atoms with Crippen LogP contribution in [0.2, 0.25) is 0 Å². The molecule has 0 saturated heterocycles. The molecular formula is C17H12N6O4S. The van der Waals surface area contributed by atoms with Crippen LogP contribution in [0.4, 0.5) is 5.69 Å². The van der Waals surface area contributed by atoms with E-state index < -0.39 is 27.8 Å². The van der Waals surface area contributed by atoms with E-state index in [0.29, 0.717) is 11.0 Å². The van der Waals surface area contributed by atoms with Crippen LogP contribution in [-0.2, 0) is 10.0 Å². The molecule has 1 aromatic heterocycles. The lowest BCUT2D eigenvalue weighted by Crippen LogP contribution is -2.29. The summed E-state index contributed by atoms with van der Waals surface area (Å²) < 4.78 is 27.2. The number of carbonyl (C=O) groups is 2. The first kappa shape index (κ1) is 17.5. The first-order valence-electron chi connectivity index (χ1n) is 7.89. The van der Waals surface area contributed by atoms with Crippen LogP contribution < -0.4 is 16.4 Å². The van der Waals surface area contributed by atoms with Crippen molar-refractivity contribution in [1.82, 2.24) is 9.97 Å². The maximum absolute atomic E-state index is 12.7. The molecule has 0 saturated carbocycles. The van der Waals surface area contributed by atoms with Crippen LogP contribution in [0.1, 0.15) is 21.0 Å². The zero-order valence-corrected chi connectivity index (χ0v) is 14.9. The topological polar surface area (TPSA) is 162 Å². The minimum atomic E-state index is -4.08. The molecule has 2 amide bonds. The number of guanidine groups is 1. The summed E-state index contributed by atoms with van der Waals surface area (Å²) in [6.45, 7) is 0. The average Bonchev–Trinajstić information content (AvgIpc) is 2.89. The largest absolute Gasteiger partial charge is 0.369 e. The molecule has 0 radical (unpaired) electrons. The lowest BCUT2D eigenvalue weighted by atomic mass is 10.2. The van der Waals surface area contributed by atoms with E-state index in [1.165, 1.54) is 24.3 Å². The summed E-state index contributed by atoms with van der Waals surface area (Å²) in [4.78, 5) is 34.6. The van der Waals surface area contributed by atoms with Gasteiger partial charge in [-0.1, -0.05) is 12.1 Å². The molecule has 0 bridgehead atoms. The summed E-state index contributed by atoms with van der Waals surface area (Å²) in [7, 11) is -4.08. The number of nitrogens with two attached hydrogens (primary N) is 2. The van der Waals surface area contributed by atoms with Gasteiger partial charge >= 0.3 is 0 Å². The average molecular weight is 396 g/mol. The van der Waals surface area contributed by atoms with Gasteiger partial charge in [0.25, 0.3) is 21.8 Å². The van der Waals surface area contributed by atoms with Crippen LogP contribution >= 0.6 is 0 Å². The fourth-order valence-electron chi connectivity index (χ4n) is 2.80. The van der Waals surface area contributed by atoms with Gasteiger partial charge < -0.3 is 11.5 Å². The first-order chi connectivity index (χ1) is 13.3. The zero-order chi connectivity index (χ0) is 20.1. The van der Waals surface area contributed by atoms with Gasteiger partial charge in [0.15, 0.2) is 11.4 Å². The number of rotatable bonds is 3. The second kappa shape index (κ2) is 6.09. The number of sulfonamides is 1. The predicted octanol–water partition coefficient (Wildman–Crippen LogP) is 0.393. The van der Waals surface area contributed by atoms with Gasteiger partial charge in [-0.15, -0.1) is 4.40 Å². The molecule has 0 aliphatic carbocycles. The van der Waals surface area contributed by atoms with E-state index in [9.17, 15) is 18.0 Å². The van der Waals surface area contributed by atoms with E-state index in [0.717, 1.165) is 4.90 Å². The molecule has 28 heavy (non-hydrogen) atoms. The number of aromatic nitrogens is 2. The van der Waals surface area contributed by atoms with E-state index in [1.807, 2.05) is 0 Å². The Hall–Kier alpha value is -3.86. The summed E-state index contributed by atoms with van der Waals surface area (Å²) in [5.41, 5.74) is 11.3. The van der Waals surface area contributed by atoms with Gasteiger partial charge in [0.2, 0.25) is 5.96 Å². The molecule has 4 N–H and O–H groups in total. The van der Waals surface area contributed by atoms with Crippen molar-refractivity contribution in [3.8, 4) is 0 Å². The number of hydrogen-bond acceptors (Lipinski definition) is 6. The molecule has 10 nitrogen and oxygen atoms in total. The van der Waals surface area contributed by atoms with Gasteiger partial charge in [-0.25, -0.2) is 14.9 Å². The molecule has 1 aliphatic rings. The first-order valence-corrected chi connectivity index (χ1v) is 9.33. The van der Waals surface area contributed by atoms with Gasteiger partial charge in [0, 0.05) is 0 Å². The lowest BCUT2D eigenvalue weighted by molar-refractivity contribution is 0.0923. The van der Waals surface area contributed by atoms with Gasteiger partial charge in [0.05, 0.1) is 21.6 Å². The molecular weight excluding hydrogens is 384 g/mol. The van der Waals surface area contributed by atoms with Gasteiger partial charge in [-0.2, -0.15) is 8.42 Å². The Morgan fingerprint density at radius 3 is 1.82 bits per heavy atom. The number of hydrogen-bond donors (Lipinski definition) is 2. The van der Waals surface area contributed by atoms with Crippen molar-refractivity contribution in [3.63, 3.8) is 0 Å². The van der Waals surface area contributed by atoms with Gasteiger partial charge in [-0.05, 0) is 36.4 Å². The maximum Gasteiger partial charge on any atom is 0.286 e. The Kier molecular flexibility index (Phi) is 3.82. The second-order valence-corrected chi connectivity index (χ2v) is 7.44. The van der Waals surface area contributed by atoms with Crippen molar-refractivity contribution in [2.75, 3.05) is 4.90 Å². The Labute approximate surface area is 158 Å². The third-order valence-corrected chi connectivity index (χ3v) is 5.32. The number of para-hydroxylation sites is 2. The van der Waals surface area contributed by atoms with Crippen molar-refractivity contribution in [1.29, 1.82) is 0 Å². The minimum Gasteiger partial charge on any atom is -0.369 e. The zero-order valence-electron chi connectivity index (χ0n) is 14.1. The summed E-state index contributed by atoms with van der Waals surface area (Å²) in [5, 5.41) is 0. The highest BCUT2D eigenvalue weighted by Gasteiger charge is 2.40. The fraction of sp³-hybridized carbons (Fsp3) is 0. The summed E-state index contributed by atoms with van der Waals surface area (Å²) in [5.74, 6) is -1.88. The second-order valence-electron chi connectivity index (χ2n) is 5.84. The third-order valence-electron chi connectivity index (χ3n) is 4.00. The number of fused-ring (bicyclic) bond motifs is 2. The Bertz CT molecular complexity index is 1230. The van der Waals surface area contributed by atoms with E-state index in [1.54, 1.807) is 24.3 Å².